The molecule has 0 aromatic heterocycles. The number of hydrogen-bond donors (Lipinski definition) is 0. The summed E-state index contributed by atoms with van der Waals surface area (Å²) in [4.78, 5) is 12.4. The molecule has 3 nitrogen and oxygen atoms in total. The maximum Gasteiger partial charge on any atom is 0.170 e. The molecule has 1 heterocycles. The lowest BCUT2D eigenvalue weighted by atomic mass is 9.74. The molecule has 0 unspecified atom stereocenters. The molecule has 0 bridgehead atoms. The van der Waals surface area contributed by atoms with Crippen molar-refractivity contribution in [3.05, 3.63) is 23.8 Å². The van der Waals surface area contributed by atoms with Crippen LogP contribution in [0.25, 0.3) is 0 Å². The summed E-state index contributed by atoms with van der Waals surface area (Å²) in [5.41, 5.74) is 0.428. The topological polar surface area (TPSA) is 35.5 Å². The van der Waals surface area contributed by atoms with Gasteiger partial charge in [0.25, 0.3) is 0 Å². The number of carbonyl (C=O) groups excluding carboxylic acids is 1. The van der Waals surface area contributed by atoms with Gasteiger partial charge in [-0.25, -0.2) is 0 Å². The Balaban J connectivity index is 1.84. The summed E-state index contributed by atoms with van der Waals surface area (Å²) in [7, 11) is 1.61. The quantitative estimate of drug-likeness (QED) is 0.817. The summed E-state index contributed by atoms with van der Waals surface area (Å²) < 4.78 is 11.4. The fourth-order valence-electron chi connectivity index (χ4n) is 3.49. The van der Waals surface area contributed by atoms with E-state index in [1.807, 2.05) is 12.1 Å². The lowest BCUT2D eigenvalue weighted by Gasteiger charge is -2.42. The van der Waals surface area contributed by atoms with Gasteiger partial charge in [-0.05, 0) is 49.8 Å². The Bertz CT molecular complexity index is 513. The first kappa shape index (κ1) is 13.5. The minimum absolute atomic E-state index is 0.195. The highest BCUT2D eigenvalue weighted by atomic mass is 16.5. The monoisotopic (exact) mass is 274 g/mol. The highest BCUT2D eigenvalue weighted by Gasteiger charge is 2.42. The SMILES string of the molecule is CCC1CCC2(CC1)CC(=O)c1cc(OC)ccc1O2. The van der Waals surface area contributed by atoms with Gasteiger partial charge in [-0.3, -0.25) is 4.79 Å². The van der Waals surface area contributed by atoms with E-state index in [1.165, 1.54) is 19.3 Å². The Kier molecular flexibility index (Phi) is 3.45. The highest BCUT2D eigenvalue weighted by Crippen LogP contribution is 2.44. The average Bonchev–Trinajstić information content (AvgIpc) is 2.48. The molecule has 0 atom stereocenters. The number of ketones is 1. The van der Waals surface area contributed by atoms with Gasteiger partial charge in [0.05, 0.1) is 19.1 Å². The zero-order valence-electron chi connectivity index (χ0n) is 12.3. The molecular formula is C17H22O3. The third-order valence-corrected chi connectivity index (χ3v) is 4.89. The van der Waals surface area contributed by atoms with E-state index in [0.29, 0.717) is 17.7 Å². The van der Waals surface area contributed by atoms with Crippen LogP contribution in [0.2, 0.25) is 0 Å². The molecule has 108 valence electrons. The first-order valence-corrected chi connectivity index (χ1v) is 7.56. The molecule has 1 aliphatic carbocycles. The zero-order chi connectivity index (χ0) is 14.2. The van der Waals surface area contributed by atoms with Gasteiger partial charge in [0.1, 0.15) is 17.1 Å². The predicted octanol–water partition coefficient (Wildman–Crippen LogP) is 4.00. The van der Waals surface area contributed by atoms with Crippen molar-refractivity contribution in [1.29, 1.82) is 0 Å². The van der Waals surface area contributed by atoms with Crippen molar-refractivity contribution >= 4 is 5.78 Å². The molecule has 1 fully saturated rings. The fraction of sp³-hybridized carbons (Fsp3) is 0.588. The van der Waals surface area contributed by atoms with Gasteiger partial charge in [0.2, 0.25) is 0 Å². The second-order valence-electron chi connectivity index (χ2n) is 6.10. The second kappa shape index (κ2) is 5.12. The molecular weight excluding hydrogens is 252 g/mol. The second-order valence-corrected chi connectivity index (χ2v) is 6.10. The van der Waals surface area contributed by atoms with Crippen LogP contribution in [0.1, 0.15) is 55.8 Å². The van der Waals surface area contributed by atoms with Crippen molar-refractivity contribution in [2.75, 3.05) is 7.11 Å². The van der Waals surface area contributed by atoms with E-state index in [4.69, 9.17) is 9.47 Å². The van der Waals surface area contributed by atoms with E-state index < -0.39 is 0 Å². The Hall–Kier alpha value is -1.51. The molecule has 0 amide bonds. The van der Waals surface area contributed by atoms with Crippen LogP contribution in [-0.4, -0.2) is 18.5 Å². The molecule has 0 radical (unpaired) electrons. The summed E-state index contributed by atoms with van der Waals surface area (Å²) in [5, 5.41) is 0. The van der Waals surface area contributed by atoms with Gasteiger partial charge < -0.3 is 9.47 Å². The molecule has 20 heavy (non-hydrogen) atoms. The van der Waals surface area contributed by atoms with Gasteiger partial charge >= 0.3 is 0 Å². The maximum atomic E-state index is 12.4. The molecule has 1 aromatic rings. The van der Waals surface area contributed by atoms with E-state index in [-0.39, 0.29) is 11.4 Å². The minimum atomic E-state index is -0.246. The first-order chi connectivity index (χ1) is 9.65. The predicted molar refractivity (Wildman–Crippen MR) is 77.5 cm³/mol. The Morgan fingerprint density at radius 2 is 2.10 bits per heavy atom. The zero-order valence-corrected chi connectivity index (χ0v) is 12.3. The van der Waals surface area contributed by atoms with E-state index in [2.05, 4.69) is 6.92 Å². The summed E-state index contributed by atoms with van der Waals surface area (Å²) in [5.74, 6) is 2.44. The number of Topliss-reactive ketones (excluding diaryl/α,β-unsaturated/α-hetero) is 1. The smallest absolute Gasteiger partial charge is 0.170 e. The van der Waals surface area contributed by atoms with Crippen LogP contribution in [0.5, 0.6) is 11.5 Å². The molecule has 3 heteroatoms. The van der Waals surface area contributed by atoms with Crippen molar-refractivity contribution in [2.24, 2.45) is 5.92 Å². The molecule has 0 N–H and O–H groups in total. The van der Waals surface area contributed by atoms with Crippen LogP contribution >= 0.6 is 0 Å². The third-order valence-electron chi connectivity index (χ3n) is 4.89. The van der Waals surface area contributed by atoms with Crippen molar-refractivity contribution in [1.82, 2.24) is 0 Å². The van der Waals surface area contributed by atoms with Gasteiger partial charge in [0.15, 0.2) is 5.78 Å². The third kappa shape index (κ3) is 2.30. The highest BCUT2D eigenvalue weighted by molar-refractivity contribution is 6.00. The van der Waals surface area contributed by atoms with Crippen molar-refractivity contribution in [2.45, 2.75) is 51.0 Å². The number of benzene rings is 1. The van der Waals surface area contributed by atoms with E-state index in [0.717, 1.165) is 24.5 Å². The Morgan fingerprint density at radius 3 is 2.75 bits per heavy atom. The minimum Gasteiger partial charge on any atom is -0.497 e. The number of fused-ring (bicyclic) bond motifs is 1. The van der Waals surface area contributed by atoms with Gasteiger partial charge in [0, 0.05) is 0 Å². The van der Waals surface area contributed by atoms with Gasteiger partial charge in [-0.2, -0.15) is 0 Å². The van der Waals surface area contributed by atoms with Crippen LogP contribution < -0.4 is 9.47 Å². The summed E-state index contributed by atoms with van der Waals surface area (Å²) in [6.07, 6.45) is 6.11. The van der Waals surface area contributed by atoms with Crippen LogP contribution in [0, 0.1) is 5.92 Å². The number of carbonyl (C=O) groups is 1. The van der Waals surface area contributed by atoms with Crippen LogP contribution in [0.3, 0.4) is 0 Å². The largest absolute Gasteiger partial charge is 0.497 e. The lowest BCUT2D eigenvalue weighted by molar-refractivity contribution is 0.00168. The average molecular weight is 274 g/mol. The van der Waals surface area contributed by atoms with Gasteiger partial charge in [-0.1, -0.05) is 13.3 Å². The maximum absolute atomic E-state index is 12.4. The Morgan fingerprint density at radius 1 is 1.35 bits per heavy atom. The molecule has 0 saturated heterocycles. The summed E-state index contributed by atoms with van der Waals surface area (Å²) in [6, 6.07) is 5.53. The fourth-order valence-corrected chi connectivity index (χ4v) is 3.49. The van der Waals surface area contributed by atoms with Crippen molar-refractivity contribution in [3.8, 4) is 11.5 Å². The molecule has 3 rings (SSSR count). The van der Waals surface area contributed by atoms with E-state index in [9.17, 15) is 4.79 Å². The molecule has 1 aliphatic heterocycles. The lowest BCUT2D eigenvalue weighted by Crippen LogP contribution is -2.44. The molecule has 1 saturated carbocycles. The van der Waals surface area contributed by atoms with E-state index >= 15 is 0 Å². The van der Waals surface area contributed by atoms with Gasteiger partial charge in [-0.15, -0.1) is 0 Å². The standard InChI is InChI=1S/C17H22O3/c1-3-12-6-8-17(9-7-12)11-15(18)14-10-13(19-2)4-5-16(14)20-17/h4-5,10,12H,3,6-9,11H2,1-2H3. The number of rotatable bonds is 2. The van der Waals surface area contributed by atoms with Crippen LogP contribution in [0.4, 0.5) is 0 Å². The molecule has 1 spiro atoms. The molecule has 1 aromatic carbocycles. The summed E-state index contributed by atoms with van der Waals surface area (Å²) >= 11 is 0. The summed E-state index contributed by atoms with van der Waals surface area (Å²) in [6.45, 7) is 2.25. The van der Waals surface area contributed by atoms with Crippen LogP contribution in [0.15, 0.2) is 18.2 Å². The van der Waals surface area contributed by atoms with Crippen molar-refractivity contribution in [3.63, 3.8) is 0 Å². The number of methoxy groups -OCH3 is 1. The Labute approximate surface area is 120 Å². The van der Waals surface area contributed by atoms with E-state index in [1.54, 1.807) is 13.2 Å². The number of ether oxygens (including phenoxy) is 2. The number of hydrogen-bond acceptors (Lipinski definition) is 3. The molecule has 2 aliphatic rings. The normalized spacial score (nSPS) is 28.9. The first-order valence-electron chi connectivity index (χ1n) is 7.56. The van der Waals surface area contributed by atoms with Crippen molar-refractivity contribution < 1.29 is 14.3 Å². The van der Waals surface area contributed by atoms with Crippen LogP contribution in [-0.2, 0) is 0 Å².